The molecule has 1 aliphatic heterocycles. The summed E-state index contributed by atoms with van der Waals surface area (Å²) in [6, 6.07) is 6.90. The minimum Gasteiger partial charge on any atom is -0.364 e. The molecule has 6 heteroatoms. The molecule has 25 heavy (non-hydrogen) atoms. The summed E-state index contributed by atoms with van der Waals surface area (Å²) in [6.45, 7) is 2.44. The fourth-order valence-electron chi connectivity index (χ4n) is 4.18. The lowest BCUT2D eigenvalue weighted by molar-refractivity contribution is -0.123. The summed E-state index contributed by atoms with van der Waals surface area (Å²) in [7, 11) is 0. The fraction of sp³-hybridized carbons (Fsp3) is 0.474. The van der Waals surface area contributed by atoms with E-state index in [-0.39, 0.29) is 30.4 Å². The Bertz CT molecular complexity index is 796. The van der Waals surface area contributed by atoms with Crippen molar-refractivity contribution in [1.82, 2.24) is 5.16 Å². The summed E-state index contributed by atoms with van der Waals surface area (Å²) in [5, 5.41) is 3.78. The van der Waals surface area contributed by atoms with Crippen LogP contribution in [-0.4, -0.2) is 24.2 Å². The number of para-hydroxylation sites is 1. The predicted octanol–water partition coefficient (Wildman–Crippen LogP) is 3.50. The van der Waals surface area contributed by atoms with E-state index in [2.05, 4.69) is 5.16 Å². The smallest absolute Gasteiger partial charge is 0.253 e. The Hall–Kier alpha value is -2.21. The van der Waals surface area contributed by atoms with Crippen molar-refractivity contribution >= 4 is 11.6 Å². The normalized spacial score (nSPS) is 18.1. The number of ether oxygens (including phenoxy) is 1. The first-order chi connectivity index (χ1) is 12.1. The van der Waals surface area contributed by atoms with Gasteiger partial charge in [0, 0.05) is 18.0 Å². The van der Waals surface area contributed by atoms with Crippen LogP contribution < -0.4 is 4.90 Å². The SMILES string of the molecule is Cc1cc(COCC(=O)N2CC3(CCCC3)c3cccc(F)c32)on1. The zero-order chi connectivity index (χ0) is 17.4. The van der Waals surface area contributed by atoms with Gasteiger partial charge in [0.05, 0.1) is 11.4 Å². The van der Waals surface area contributed by atoms with Crippen LogP contribution in [0.15, 0.2) is 28.8 Å². The van der Waals surface area contributed by atoms with E-state index in [1.54, 1.807) is 17.0 Å². The lowest BCUT2D eigenvalue weighted by Gasteiger charge is -2.24. The molecule has 2 aliphatic rings. The van der Waals surface area contributed by atoms with Crippen molar-refractivity contribution in [3.05, 3.63) is 47.1 Å². The molecule has 5 nitrogen and oxygen atoms in total. The topological polar surface area (TPSA) is 55.6 Å². The third-order valence-corrected chi connectivity index (χ3v) is 5.30. The van der Waals surface area contributed by atoms with Crippen molar-refractivity contribution in [2.75, 3.05) is 18.1 Å². The minimum atomic E-state index is -0.333. The van der Waals surface area contributed by atoms with Gasteiger partial charge in [0.1, 0.15) is 19.0 Å². The quantitative estimate of drug-likeness (QED) is 0.852. The maximum atomic E-state index is 14.5. The van der Waals surface area contributed by atoms with Crippen LogP contribution in [0.5, 0.6) is 0 Å². The summed E-state index contributed by atoms with van der Waals surface area (Å²) < 4.78 is 25.0. The number of halogens is 1. The number of anilines is 1. The van der Waals surface area contributed by atoms with Crippen LogP contribution in [0.25, 0.3) is 0 Å². The zero-order valence-electron chi connectivity index (χ0n) is 14.3. The van der Waals surface area contributed by atoms with Crippen molar-refractivity contribution in [2.24, 2.45) is 0 Å². The summed E-state index contributed by atoms with van der Waals surface area (Å²) in [5.74, 6) is 0.0254. The van der Waals surface area contributed by atoms with Crippen molar-refractivity contribution in [2.45, 2.75) is 44.6 Å². The third-order valence-electron chi connectivity index (χ3n) is 5.30. The second kappa shape index (κ2) is 6.26. The van der Waals surface area contributed by atoms with Gasteiger partial charge in [-0.25, -0.2) is 4.39 Å². The third kappa shape index (κ3) is 2.84. The molecule has 2 aromatic rings. The van der Waals surface area contributed by atoms with Gasteiger partial charge in [-0.05, 0) is 31.4 Å². The minimum absolute atomic E-state index is 0.0882. The van der Waals surface area contributed by atoms with E-state index < -0.39 is 0 Å². The van der Waals surface area contributed by atoms with Crippen LogP contribution in [-0.2, 0) is 21.6 Å². The Labute approximate surface area is 145 Å². The average Bonchev–Trinajstić information content (AvgIpc) is 3.30. The van der Waals surface area contributed by atoms with Gasteiger partial charge in [0.2, 0.25) is 0 Å². The Balaban J connectivity index is 1.49. The van der Waals surface area contributed by atoms with E-state index in [0.717, 1.165) is 36.9 Å². The molecule has 4 rings (SSSR count). The molecular weight excluding hydrogens is 323 g/mol. The number of nitrogens with zero attached hydrogens (tertiary/aromatic N) is 2. The van der Waals surface area contributed by atoms with E-state index in [4.69, 9.17) is 9.26 Å². The summed E-state index contributed by atoms with van der Waals surface area (Å²) in [6.07, 6.45) is 4.26. The van der Waals surface area contributed by atoms with Crippen molar-refractivity contribution in [3.63, 3.8) is 0 Å². The zero-order valence-corrected chi connectivity index (χ0v) is 14.3. The van der Waals surface area contributed by atoms with Crippen LogP contribution in [0.2, 0.25) is 0 Å². The highest BCUT2D eigenvalue weighted by molar-refractivity contribution is 5.97. The molecule has 0 saturated heterocycles. The largest absolute Gasteiger partial charge is 0.364 e. The van der Waals surface area contributed by atoms with Gasteiger partial charge in [0.15, 0.2) is 5.76 Å². The molecule has 0 bridgehead atoms. The number of hydrogen-bond acceptors (Lipinski definition) is 4. The average molecular weight is 344 g/mol. The van der Waals surface area contributed by atoms with E-state index in [1.807, 2.05) is 13.0 Å². The number of aromatic nitrogens is 1. The molecule has 1 saturated carbocycles. The molecule has 1 aromatic carbocycles. The molecule has 0 radical (unpaired) electrons. The molecule has 1 aromatic heterocycles. The van der Waals surface area contributed by atoms with Gasteiger partial charge >= 0.3 is 0 Å². The highest BCUT2D eigenvalue weighted by atomic mass is 19.1. The second-order valence-electron chi connectivity index (χ2n) is 7.03. The van der Waals surface area contributed by atoms with Gasteiger partial charge in [-0.15, -0.1) is 0 Å². The first-order valence-corrected chi connectivity index (χ1v) is 8.68. The Morgan fingerprint density at radius 3 is 2.92 bits per heavy atom. The molecule has 0 unspecified atom stereocenters. The summed E-state index contributed by atoms with van der Waals surface area (Å²) in [5.41, 5.74) is 2.09. The number of carbonyl (C=O) groups excluding carboxylic acids is 1. The Kier molecular flexibility index (Phi) is 4.07. The molecule has 0 atom stereocenters. The van der Waals surface area contributed by atoms with Gasteiger partial charge in [-0.1, -0.05) is 30.1 Å². The number of fused-ring (bicyclic) bond motifs is 2. The molecule has 1 aliphatic carbocycles. The molecule has 1 spiro atoms. The van der Waals surface area contributed by atoms with E-state index in [1.165, 1.54) is 6.07 Å². The highest BCUT2D eigenvalue weighted by Gasteiger charge is 2.47. The molecule has 2 heterocycles. The molecular formula is C19H21FN2O3. The molecule has 1 fully saturated rings. The number of carbonyl (C=O) groups is 1. The van der Waals surface area contributed by atoms with Crippen LogP contribution in [0.1, 0.15) is 42.7 Å². The number of benzene rings is 1. The lowest BCUT2D eigenvalue weighted by Crippen LogP contribution is -2.37. The maximum Gasteiger partial charge on any atom is 0.253 e. The van der Waals surface area contributed by atoms with Crippen LogP contribution >= 0.6 is 0 Å². The lowest BCUT2D eigenvalue weighted by atomic mass is 9.81. The number of rotatable bonds is 4. The summed E-state index contributed by atoms with van der Waals surface area (Å²) >= 11 is 0. The molecule has 0 N–H and O–H groups in total. The Morgan fingerprint density at radius 2 is 2.20 bits per heavy atom. The predicted molar refractivity (Wildman–Crippen MR) is 89.8 cm³/mol. The van der Waals surface area contributed by atoms with Gasteiger partial charge in [0.25, 0.3) is 5.91 Å². The van der Waals surface area contributed by atoms with Crippen LogP contribution in [0.3, 0.4) is 0 Å². The van der Waals surface area contributed by atoms with Gasteiger partial charge in [-0.2, -0.15) is 0 Å². The van der Waals surface area contributed by atoms with Gasteiger partial charge < -0.3 is 14.2 Å². The van der Waals surface area contributed by atoms with Crippen molar-refractivity contribution in [3.8, 4) is 0 Å². The Morgan fingerprint density at radius 1 is 1.40 bits per heavy atom. The van der Waals surface area contributed by atoms with E-state index >= 15 is 0 Å². The van der Waals surface area contributed by atoms with Crippen LogP contribution in [0.4, 0.5) is 10.1 Å². The highest BCUT2D eigenvalue weighted by Crippen LogP contribution is 2.51. The number of aryl methyl sites for hydroxylation is 1. The van der Waals surface area contributed by atoms with Gasteiger partial charge in [-0.3, -0.25) is 4.79 Å². The first kappa shape index (κ1) is 16.3. The second-order valence-corrected chi connectivity index (χ2v) is 7.03. The van der Waals surface area contributed by atoms with E-state index in [9.17, 15) is 9.18 Å². The fourth-order valence-corrected chi connectivity index (χ4v) is 4.18. The van der Waals surface area contributed by atoms with E-state index in [0.29, 0.717) is 18.0 Å². The number of hydrogen-bond donors (Lipinski definition) is 0. The standard InChI is InChI=1S/C19H21FN2O3/c1-13-9-14(25-21-13)10-24-11-17(23)22-12-19(7-2-3-8-19)15-5-4-6-16(20)18(15)22/h4-6,9H,2-3,7-8,10-12H2,1H3. The van der Waals surface area contributed by atoms with Crippen molar-refractivity contribution in [1.29, 1.82) is 0 Å². The monoisotopic (exact) mass is 344 g/mol. The first-order valence-electron chi connectivity index (χ1n) is 8.68. The van der Waals surface area contributed by atoms with Crippen LogP contribution in [0, 0.1) is 12.7 Å². The summed E-state index contributed by atoms with van der Waals surface area (Å²) in [4.78, 5) is 14.3. The van der Waals surface area contributed by atoms with Crippen molar-refractivity contribution < 1.29 is 18.4 Å². The molecule has 1 amide bonds. The maximum absolute atomic E-state index is 14.5. The number of amides is 1. The molecule has 132 valence electrons.